The van der Waals surface area contributed by atoms with Crippen LogP contribution in [-0.4, -0.2) is 7.11 Å². The second kappa shape index (κ2) is 4.37. The van der Waals surface area contributed by atoms with Gasteiger partial charge in [-0.2, -0.15) is 0 Å². The van der Waals surface area contributed by atoms with E-state index in [4.69, 9.17) is 4.74 Å². The smallest absolute Gasteiger partial charge is 0.174 e. The van der Waals surface area contributed by atoms with E-state index in [0.29, 0.717) is 0 Å². The van der Waals surface area contributed by atoms with Crippen molar-refractivity contribution in [2.24, 2.45) is 0 Å². The molecule has 0 unspecified atom stereocenters. The monoisotopic (exact) mass is 382 g/mol. The van der Waals surface area contributed by atoms with Crippen molar-refractivity contribution < 1.29 is 4.74 Å². The van der Waals surface area contributed by atoms with Crippen LogP contribution in [-0.2, 0) is 5.33 Å². The molecule has 2 rings (SSSR count). The molecule has 0 aliphatic heterocycles. The summed E-state index contributed by atoms with van der Waals surface area (Å²) in [5.74, 6) is 0. The van der Waals surface area contributed by atoms with Gasteiger partial charge in [0.2, 0.25) is 0 Å². The SMILES string of the molecule is COc1cc2c(CBr)ccc(I)c2s1. The van der Waals surface area contributed by atoms with Crippen LogP contribution in [0.2, 0.25) is 0 Å². The summed E-state index contributed by atoms with van der Waals surface area (Å²) < 4.78 is 7.86. The predicted molar refractivity (Wildman–Crippen MR) is 73.7 cm³/mol. The normalized spacial score (nSPS) is 10.8. The number of hydrogen-bond donors (Lipinski definition) is 0. The number of alkyl halides is 1. The summed E-state index contributed by atoms with van der Waals surface area (Å²) in [6.45, 7) is 0. The lowest BCUT2D eigenvalue weighted by molar-refractivity contribution is 0.427. The van der Waals surface area contributed by atoms with Crippen molar-refractivity contribution in [3.63, 3.8) is 0 Å². The van der Waals surface area contributed by atoms with Crippen LogP contribution in [0, 0.1) is 3.57 Å². The zero-order valence-electron chi connectivity index (χ0n) is 7.51. The van der Waals surface area contributed by atoms with Crippen LogP contribution < -0.4 is 4.74 Å². The molecular weight excluding hydrogens is 375 g/mol. The molecule has 14 heavy (non-hydrogen) atoms. The number of benzene rings is 1. The maximum absolute atomic E-state index is 5.25. The highest BCUT2D eigenvalue weighted by Gasteiger charge is 2.08. The van der Waals surface area contributed by atoms with Crippen molar-refractivity contribution in [1.29, 1.82) is 0 Å². The first-order valence-electron chi connectivity index (χ1n) is 4.07. The van der Waals surface area contributed by atoms with E-state index in [1.54, 1.807) is 18.4 Å². The molecule has 0 atom stereocenters. The molecule has 0 saturated carbocycles. The number of methoxy groups -OCH3 is 1. The van der Waals surface area contributed by atoms with E-state index in [1.807, 2.05) is 0 Å². The van der Waals surface area contributed by atoms with E-state index in [2.05, 4.69) is 56.7 Å². The first-order chi connectivity index (χ1) is 6.76. The Morgan fingerprint density at radius 3 is 2.93 bits per heavy atom. The zero-order valence-corrected chi connectivity index (χ0v) is 12.1. The fourth-order valence-electron chi connectivity index (χ4n) is 1.34. The molecule has 0 fully saturated rings. The second-order valence-electron chi connectivity index (χ2n) is 2.85. The third-order valence-corrected chi connectivity index (χ3v) is 5.05. The Hall–Kier alpha value is 0.190. The van der Waals surface area contributed by atoms with Crippen molar-refractivity contribution in [3.05, 3.63) is 27.3 Å². The molecule has 2 aromatic rings. The van der Waals surface area contributed by atoms with Gasteiger partial charge in [0, 0.05) is 14.3 Å². The van der Waals surface area contributed by atoms with Crippen molar-refractivity contribution in [3.8, 4) is 5.06 Å². The number of fused-ring (bicyclic) bond motifs is 1. The van der Waals surface area contributed by atoms with Crippen molar-refractivity contribution >= 4 is 59.9 Å². The summed E-state index contributed by atoms with van der Waals surface area (Å²) >= 11 is 7.56. The van der Waals surface area contributed by atoms with Gasteiger partial charge < -0.3 is 4.74 Å². The highest BCUT2D eigenvalue weighted by molar-refractivity contribution is 14.1. The average molecular weight is 383 g/mol. The number of rotatable bonds is 2. The minimum absolute atomic E-state index is 0.889. The van der Waals surface area contributed by atoms with Gasteiger partial charge in [-0.3, -0.25) is 0 Å². The third-order valence-electron chi connectivity index (χ3n) is 2.05. The quantitative estimate of drug-likeness (QED) is 0.552. The molecule has 4 heteroatoms. The molecule has 0 amide bonds. The summed E-state index contributed by atoms with van der Waals surface area (Å²) in [6, 6.07) is 6.42. The number of hydrogen-bond acceptors (Lipinski definition) is 2. The minimum atomic E-state index is 0.889. The van der Waals surface area contributed by atoms with Crippen LogP contribution in [0.15, 0.2) is 18.2 Å². The second-order valence-corrected chi connectivity index (χ2v) is 5.59. The maximum atomic E-state index is 5.25. The van der Waals surface area contributed by atoms with Gasteiger partial charge in [0.15, 0.2) is 5.06 Å². The molecule has 0 bridgehead atoms. The van der Waals surface area contributed by atoms with E-state index in [-0.39, 0.29) is 0 Å². The van der Waals surface area contributed by atoms with Crippen molar-refractivity contribution in [2.45, 2.75) is 5.33 Å². The first-order valence-corrected chi connectivity index (χ1v) is 7.09. The largest absolute Gasteiger partial charge is 0.487 e. The molecule has 0 spiro atoms. The highest BCUT2D eigenvalue weighted by atomic mass is 127. The Morgan fingerprint density at radius 1 is 1.50 bits per heavy atom. The fraction of sp³-hybridized carbons (Fsp3) is 0.200. The molecule has 1 aromatic carbocycles. The standard InChI is InChI=1S/C10H8BrIOS/c1-13-9-4-7-6(5-11)2-3-8(12)10(7)14-9/h2-4H,5H2,1H3. The van der Waals surface area contributed by atoms with Gasteiger partial charge >= 0.3 is 0 Å². The van der Waals surface area contributed by atoms with Crippen molar-refractivity contribution in [2.75, 3.05) is 7.11 Å². The molecule has 1 heterocycles. The lowest BCUT2D eigenvalue weighted by Crippen LogP contribution is -1.79. The van der Waals surface area contributed by atoms with Crippen LogP contribution >= 0.6 is 49.9 Å². The lowest BCUT2D eigenvalue weighted by Gasteiger charge is -1.98. The van der Waals surface area contributed by atoms with Gasteiger partial charge in [0.1, 0.15) is 0 Å². The Morgan fingerprint density at radius 2 is 2.29 bits per heavy atom. The third kappa shape index (κ3) is 1.79. The van der Waals surface area contributed by atoms with E-state index < -0.39 is 0 Å². The Labute approximate surface area is 109 Å². The Bertz CT molecular complexity index is 466. The van der Waals surface area contributed by atoms with Gasteiger partial charge in [-0.25, -0.2) is 0 Å². The average Bonchev–Trinajstić information content (AvgIpc) is 2.63. The van der Waals surface area contributed by atoms with Crippen molar-refractivity contribution in [1.82, 2.24) is 0 Å². The molecule has 0 aliphatic rings. The molecule has 74 valence electrons. The number of thiophene rings is 1. The molecule has 0 saturated heterocycles. The van der Waals surface area contributed by atoms with Crippen LogP contribution in [0.4, 0.5) is 0 Å². The Balaban J connectivity index is 2.74. The summed E-state index contributed by atoms with van der Waals surface area (Å²) in [5.41, 5.74) is 1.32. The fourth-order valence-corrected chi connectivity index (χ4v) is 3.56. The molecular formula is C10H8BrIOS. The van der Waals surface area contributed by atoms with Gasteiger partial charge in [0.05, 0.1) is 11.8 Å². The van der Waals surface area contributed by atoms with E-state index >= 15 is 0 Å². The van der Waals surface area contributed by atoms with E-state index in [1.165, 1.54) is 19.2 Å². The minimum Gasteiger partial charge on any atom is -0.487 e. The summed E-state index contributed by atoms with van der Waals surface area (Å²) in [7, 11) is 1.71. The van der Waals surface area contributed by atoms with Crippen LogP contribution in [0.1, 0.15) is 5.56 Å². The zero-order chi connectivity index (χ0) is 10.1. The van der Waals surface area contributed by atoms with Crippen LogP contribution in [0.25, 0.3) is 10.1 Å². The van der Waals surface area contributed by atoms with E-state index in [0.717, 1.165) is 10.4 Å². The van der Waals surface area contributed by atoms with Gasteiger partial charge in [-0.1, -0.05) is 33.3 Å². The van der Waals surface area contributed by atoms with Gasteiger partial charge in [-0.05, 0) is 40.3 Å². The number of ether oxygens (including phenoxy) is 1. The molecule has 0 aliphatic carbocycles. The molecule has 1 nitrogen and oxygen atoms in total. The molecule has 0 radical (unpaired) electrons. The van der Waals surface area contributed by atoms with Crippen LogP contribution in [0.5, 0.6) is 5.06 Å². The predicted octanol–water partition coefficient (Wildman–Crippen LogP) is 4.41. The molecule has 0 N–H and O–H groups in total. The highest BCUT2D eigenvalue weighted by Crippen LogP contribution is 2.37. The maximum Gasteiger partial charge on any atom is 0.174 e. The number of halogens is 2. The summed E-state index contributed by atoms with van der Waals surface area (Å²) in [6.07, 6.45) is 0. The first kappa shape index (κ1) is 10.7. The van der Waals surface area contributed by atoms with Crippen LogP contribution in [0.3, 0.4) is 0 Å². The molecule has 1 aromatic heterocycles. The summed E-state index contributed by atoms with van der Waals surface area (Å²) in [4.78, 5) is 0. The topological polar surface area (TPSA) is 9.23 Å². The summed E-state index contributed by atoms with van der Waals surface area (Å²) in [5, 5.41) is 3.17. The lowest BCUT2D eigenvalue weighted by atomic mass is 10.1. The Kier molecular flexibility index (Phi) is 3.34. The van der Waals surface area contributed by atoms with Gasteiger partial charge in [0.25, 0.3) is 0 Å². The van der Waals surface area contributed by atoms with E-state index in [9.17, 15) is 0 Å². The van der Waals surface area contributed by atoms with Gasteiger partial charge in [-0.15, -0.1) is 0 Å².